The van der Waals surface area contributed by atoms with Crippen LogP contribution in [0.15, 0.2) is 30.3 Å². The van der Waals surface area contributed by atoms with E-state index >= 15 is 0 Å². The molecule has 6 heteroatoms. The number of ether oxygens (including phenoxy) is 5. The lowest BCUT2D eigenvalue weighted by molar-refractivity contribution is -0.0259. The van der Waals surface area contributed by atoms with Crippen LogP contribution in [-0.4, -0.2) is 45.2 Å². The maximum atomic E-state index is 6.51. The molecule has 0 saturated carbocycles. The lowest BCUT2D eigenvalue weighted by Gasteiger charge is -2.43. The van der Waals surface area contributed by atoms with Gasteiger partial charge in [0.25, 0.3) is 0 Å². The number of rotatable bonds is 6. The first-order chi connectivity index (χ1) is 14.1. The lowest BCUT2D eigenvalue weighted by Crippen LogP contribution is -2.48. The molecule has 4 rings (SSSR count). The summed E-state index contributed by atoms with van der Waals surface area (Å²) in [5.41, 5.74) is 2.16. The summed E-state index contributed by atoms with van der Waals surface area (Å²) in [7, 11) is 3.35. The minimum absolute atomic E-state index is 0.0567. The van der Waals surface area contributed by atoms with Crippen LogP contribution >= 0.6 is 0 Å². The Morgan fingerprint density at radius 1 is 0.966 bits per heavy atom. The third kappa shape index (κ3) is 3.25. The first-order valence-electron chi connectivity index (χ1n) is 10.2. The van der Waals surface area contributed by atoms with Crippen molar-refractivity contribution in [1.82, 2.24) is 4.90 Å². The van der Waals surface area contributed by atoms with Crippen molar-refractivity contribution in [3.63, 3.8) is 0 Å². The van der Waals surface area contributed by atoms with E-state index in [0.717, 1.165) is 53.0 Å². The van der Waals surface area contributed by atoms with Gasteiger partial charge in [0.15, 0.2) is 29.2 Å². The summed E-state index contributed by atoms with van der Waals surface area (Å²) in [4.78, 5) is 2.35. The van der Waals surface area contributed by atoms with Gasteiger partial charge in [-0.15, -0.1) is 0 Å². The normalized spacial score (nSPS) is 22.2. The zero-order valence-corrected chi connectivity index (χ0v) is 17.7. The SMILES string of the molecule is CCN(CC)C1Oc2cc3c(cc2C(c2cccc(OC)c2OC)C1C)OCO3. The minimum Gasteiger partial charge on any atom is -0.493 e. The zero-order valence-electron chi connectivity index (χ0n) is 17.7. The molecule has 2 aromatic rings. The largest absolute Gasteiger partial charge is 0.493 e. The Balaban J connectivity index is 1.90. The van der Waals surface area contributed by atoms with Crippen molar-refractivity contribution >= 4 is 0 Å². The first-order valence-corrected chi connectivity index (χ1v) is 10.2. The molecule has 0 bridgehead atoms. The van der Waals surface area contributed by atoms with E-state index in [1.807, 2.05) is 18.2 Å². The monoisotopic (exact) mass is 399 g/mol. The van der Waals surface area contributed by atoms with E-state index in [4.69, 9.17) is 23.7 Å². The van der Waals surface area contributed by atoms with Gasteiger partial charge in [-0.2, -0.15) is 0 Å². The maximum Gasteiger partial charge on any atom is 0.231 e. The van der Waals surface area contributed by atoms with Crippen LogP contribution in [0, 0.1) is 5.92 Å². The fourth-order valence-electron chi connectivity index (χ4n) is 4.57. The van der Waals surface area contributed by atoms with E-state index in [2.05, 4.69) is 37.8 Å². The van der Waals surface area contributed by atoms with Crippen molar-refractivity contribution in [2.45, 2.75) is 32.9 Å². The van der Waals surface area contributed by atoms with Gasteiger partial charge in [0.2, 0.25) is 6.79 Å². The summed E-state index contributed by atoms with van der Waals surface area (Å²) in [5, 5.41) is 0. The number of benzene rings is 2. The molecule has 3 atom stereocenters. The molecule has 0 spiro atoms. The molecule has 2 aliphatic heterocycles. The van der Waals surface area contributed by atoms with E-state index in [0.29, 0.717) is 0 Å². The number of nitrogens with zero attached hydrogens (tertiary/aromatic N) is 1. The van der Waals surface area contributed by atoms with Gasteiger partial charge in [-0.3, -0.25) is 4.90 Å². The maximum absolute atomic E-state index is 6.51. The van der Waals surface area contributed by atoms with E-state index in [1.165, 1.54) is 0 Å². The standard InChI is InChI=1S/C23H29NO5/c1-6-24(7-2)23-14(3)21(15-9-8-10-17(25-4)22(15)26-5)16-11-19-20(28-13-27-19)12-18(16)29-23/h8-12,14,21,23H,6-7,13H2,1-5H3. The van der Waals surface area contributed by atoms with Gasteiger partial charge in [-0.1, -0.05) is 32.9 Å². The molecule has 0 radical (unpaired) electrons. The van der Waals surface area contributed by atoms with Crippen LogP contribution in [0.2, 0.25) is 0 Å². The fraction of sp³-hybridized carbons (Fsp3) is 0.478. The third-order valence-electron chi connectivity index (χ3n) is 6.00. The van der Waals surface area contributed by atoms with Gasteiger partial charge >= 0.3 is 0 Å². The van der Waals surface area contributed by atoms with Gasteiger partial charge in [-0.25, -0.2) is 0 Å². The van der Waals surface area contributed by atoms with Crippen molar-refractivity contribution in [2.24, 2.45) is 5.92 Å². The summed E-state index contributed by atoms with van der Waals surface area (Å²) in [5.74, 6) is 4.05. The Labute approximate surface area is 172 Å². The van der Waals surface area contributed by atoms with Crippen LogP contribution in [0.1, 0.15) is 37.8 Å². The summed E-state index contributed by atoms with van der Waals surface area (Å²) in [6, 6.07) is 10.1. The van der Waals surface area contributed by atoms with Crippen molar-refractivity contribution in [2.75, 3.05) is 34.1 Å². The van der Waals surface area contributed by atoms with Crippen LogP contribution < -0.4 is 23.7 Å². The Morgan fingerprint density at radius 3 is 2.34 bits per heavy atom. The second-order valence-corrected chi connectivity index (χ2v) is 7.39. The minimum atomic E-state index is -0.0567. The Morgan fingerprint density at radius 2 is 1.69 bits per heavy atom. The molecule has 6 nitrogen and oxygen atoms in total. The fourth-order valence-corrected chi connectivity index (χ4v) is 4.57. The highest BCUT2D eigenvalue weighted by atomic mass is 16.7. The smallest absolute Gasteiger partial charge is 0.231 e. The average molecular weight is 399 g/mol. The van der Waals surface area contributed by atoms with E-state index in [1.54, 1.807) is 14.2 Å². The molecule has 0 saturated heterocycles. The number of methoxy groups -OCH3 is 2. The van der Waals surface area contributed by atoms with Crippen molar-refractivity contribution in [1.29, 1.82) is 0 Å². The molecule has 0 aromatic heterocycles. The van der Waals surface area contributed by atoms with Crippen molar-refractivity contribution < 1.29 is 23.7 Å². The summed E-state index contributed by atoms with van der Waals surface area (Å²) in [6.07, 6.45) is -0.0567. The third-order valence-corrected chi connectivity index (χ3v) is 6.00. The number of para-hydroxylation sites is 1. The first kappa shape index (κ1) is 19.7. The molecule has 2 heterocycles. The molecule has 156 valence electrons. The van der Waals surface area contributed by atoms with Gasteiger partial charge in [0.1, 0.15) is 5.75 Å². The van der Waals surface area contributed by atoms with Crippen LogP contribution in [0.3, 0.4) is 0 Å². The molecular formula is C23H29NO5. The highest BCUT2D eigenvalue weighted by Gasteiger charge is 2.41. The molecular weight excluding hydrogens is 370 g/mol. The molecule has 0 fully saturated rings. The zero-order chi connectivity index (χ0) is 20.5. The average Bonchev–Trinajstić information content (AvgIpc) is 3.20. The predicted octanol–water partition coefficient (Wildman–Crippen LogP) is 4.26. The van der Waals surface area contributed by atoms with Gasteiger partial charge < -0.3 is 23.7 Å². The number of fused-ring (bicyclic) bond motifs is 2. The quantitative estimate of drug-likeness (QED) is 0.723. The molecule has 2 aromatic carbocycles. The van der Waals surface area contributed by atoms with Crippen LogP contribution in [0.4, 0.5) is 0 Å². The Kier molecular flexibility index (Phi) is 5.46. The van der Waals surface area contributed by atoms with E-state index < -0.39 is 0 Å². The van der Waals surface area contributed by atoms with E-state index in [-0.39, 0.29) is 24.9 Å². The number of hydrogen-bond donors (Lipinski definition) is 0. The van der Waals surface area contributed by atoms with E-state index in [9.17, 15) is 0 Å². The topological polar surface area (TPSA) is 49.4 Å². The molecule has 29 heavy (non-hydrogen) atoms. The van der Waals surface area contributed by atoms with Crippen LogP contribution in [0.5, 0.6) is 28.7 Å². The molecule has 0 N–H and O–H groups in total. The second-order valence-electron chi connectivity index (χ2n) is 7.39. The predicted molar refractivity (Wildman–Crippen MR) is 110 cm³/mol. The second kappa shape index (κ2) is 8.03. The Hall–Kier alpha value is -2.60. The lowest BCUT2D eigenvalue weighted by atomic mass is 9.77. The Bertz CT molecular complexity index is 880. The van der Waals surface area contributed by atoms with Crippen molar-refractivity contribution in [3.05, 3.63) is 41.5 Å². The van der Waals surface area contributed by atoms with Gasteiger partial charge in [-0.05, 0) is 25.2 Å². The molecule has 0 amide bonds. The summed E-state index contributed by atoms with van der Waals surface area (Å²) in [6.45, 7) is 8.62. The molecule has 2 aliphatic rings. The summed E-state index contributed by atoms with van der Waals surface area (Å²) >= 11 is 0. The molecule has 3 unspecified atom stereocenters. The van der Waals surface area contributed by atoms with Crippen LogP contribution in [-0.2, 0) is 0 Å². The summed E-state index contributed by atoms with van der Waals surface area (Å²) < 4.78 is 29.1. The van der Waals surface area contributed by atoms with Gasteiger partial charge in [0, 0.05) is 29.0 Å². The highest BCUT2D eigenvalue weighted by molar-refractivity contribution is 5.59. The number of hydrogen-bond acceptors (Lipinski definition) is 6. The highest BCUT2D eigenvalue weighted by Crippen LogP contribution is 2.52. The van der Waals surface area contributed by atoms with Crippen LogP contribution in [0.25, 0.3) is 0 Å². The molecule has 0 aliphatic carbocycles. The van der Waals surface area contributed by atoms with Crippen molar-refractivity contribution in [3.8, 4) is 28.7 Å². The van der Waals surface area contributed by atoms with Gasteiger partial charge in [0.05, 0.1) is 14.2 Å².